The predicted molar refractivity (Wildman–Crippen MR) is 111 cm³/mol. The van der Waals surface area contributed by atoms with Gasteiger partial charge in [0.05, 0.1) is 5.82 Å². The Morgan fingerprint density at radius 2 is 1.61 bits per heavy atom. The Morgan fingerprint density at radius 1 is 0.871 bits per heavy atom. The molecule has 0 nitrogen and oxygen atoms in total. The molecule has 0 radical (unpaired) electrons. The second-order valence-electron chi connectivity index (χ2n) is 7.85. The van der Waals surface area contributed by atoms with Crippen molar-refractivity contribution in [2.24, 2.45) is 5.92 Å². The molecule has 4 rings (SSSR count). The molecule has 0 aliphatic heterocycles. The third kappa shape index (κ3) is 5.47. The van der Waals surface area contributed by atoms with E-state index in [9.17, 15) is 17.6 Å². The van der Waals surface area contributed by atoms with Crippen LogP contribution in [0, 0.1) is 42.2 Å². The van der Waals surface area contributed by atoms with Crippen molar-refractivity contribution in [3.05, 3.63) is 101 Å². The molecule has 0 spiro atoms. The molecule has 3 aromatic rings. The number of halogens is 4. The largest absolute Gasteiger partial charge is 1.00 e. The molecule has 1 unspecified atom stereocenters. The molecule has 0 bridgehead atoms. The van der Waals surface area contributed by atoms with E-state index >= 15 is 0 Å². The number of hydrogen-bond acceptors (Lipinski definition) is 0. The van der Waals surface area contributed by atoms with Gasteiger partial charge in [-0.05, 0) is 55.2 Å². The van der Waals surface area contributed by atoms with Gasteiger partial charge in [-0.1, -0.05) is 53.6 Å². The number of allylic oxidation sites excluding steroid dienone is 2. The maximum atomic E-state index is 14.2. The first-order chi connectivity index (χ1) is 14.4. The van der Waals surface area contributed by atoms with Crippen molar-refractivity contribution >= 4 is 5.57 Å². The molecule has 0 N–H and O–H groups in total. The Hall–Kier alpha value is -1.07. The summed E-state index contributed by atoms with van der Waals surface area (Å²) in [7, 11) is 0. The van der Waals surface area contributed by atoms with Crippen LogP contribution in [0.1, 0.15) is 36.0 Å². The van der Waals surface area contributed by atoms with Crippen molar-refractivity contribution in [3.8, 4) is 11.1 Å². The fourth-order valence-electron chi connectivity index (χ4n) is 4.04. The van der Waals surface area contributed by atoms with Crippen LogP contribution in [0.25, 0.3) is 16.7 Å². The minimum absolute atomic E-state index is 0. The fourth-order valence-corrected chi connectivity index (χ4v) is 4.04. The summed E-state index contributed by atoms with van der Waals surface area (Å²) in [6.07, 6.45) is 5.19. The van der Waals surface area contributed by atoms with Gasteiger partial charge in [-0.15, -0.1) is 6.07 Å². The van der Waals surface area contributed by atoms with Crippen LogP contribution in [-0.4, -0.2) is 0 Å². The summed E-state index contributed by atoms with van der Waals surface area (Å²) in [5.74, 6) is -3.02. The third-order valence-electron chi connectivity index (χ3n) is 5.82. The molecule has 1 aliphatic carbocycles. The molecule has 0 saturated carbocycles. The van der Waals surface area contributed by atoms with E-state index in [1.807, 2.05) is 30.3 Å². The Bertz CT molecular complexity index is 1100. The molecule has 3 aromatic carbocycles. The minimum Gasteiger partial charge on any atom is -0.281 e. The van der Waals surface area contributed by atoms with Crippen LogP contribution in [0.15, 0.2) is 54.6 Å². The smallest absolute Gasteiger partial charge is 0.281 e. The average molecular weight is 495 g/mol. The quantitative estimate of drug-likeness (QED) is 0.371. The molecule has 1 aliphatic rings. The van der Waals surface area contributed by atoms with Crippen LogP contribution in [0.2, 0.25) is 0 Å². The second-order valence-corrected chi connectivity index (χ2v) is 7.85. The van der Waals surface area contributed by atoms with Crippen molar-refractivity contribution in [2.75, 3.05) is 0 Å². The van der Waals surface area contributed by atoms with E-state index in [1.54, 1.807) is 18.2 Å². The van der Waals surface area contributed by atoms with Crippen molar-refractivity contribution in [3.63, 3.8) is 0 Å². The summed E-state index contributed by atoms with van der Waals surface area (Å²) >= 11 is 0. The maximum absolute atomic E-state index is 14.2. The van der Waals surface area contributed by atoms with Crippen LogP contribution in [0.3, 0.4) is 0 Å². The molecule has 0 aromatic heterocycles. The molecular formula is C26H21F4Rb. The van der Waals surface area contributed by atoms with Gasteiger partial charge in [0, 0.05) is 11.4 Å². The first-order valence-corrected chi connectivity index (χ1v) is 10.0. The molecule has 0 fully saturated rings. The van der Waals surface area contributed by atoms with Crippen LogP contribution < -0.4 is 58.2 Å². The van der Waals surface area contributed by atoms with Crippen LogP contribution in [0.5, 0.6) is 0 Å². The summed E-state index contributed by atoms with van der Waals surface area (Å²) < 4.78 is 55.5. The van der Waals surface area contributed by atoms with Gasteiger partial charge in [-0.2, -0.15) is 12.1 Å². The third-order valence-corrected chi connectivity index (χ3v) is 5.82. The van der Waals surface area contributed by atoms with Crippen molar-refractivity contribution in [2.45, 2.75) is 32.6 Å². The van der Waals surface area contributed by atoms with Gasteiger partial charge < -0.3 is 0 Å². The predicted octanol–water partition coefficient (Wildman–Crippen LogP) is 4.45. The summed E-state index contributed by atoms with van der Waals surface area (Å²) in [5, 5.41) is 0. The first-order valence-electron chi connectivity index (χ1n) is 10.0. The van der Waals surface area contributed by atoms with E-state index < -0.39 is 23.3 Å². The molecular weight excluding hydrogens is 474 g/mol. The zero-order valence-electron chi connectivity index (χ0n) is 17.6. The van der Waals surface area contributed by atoms with E-state index in [0.29, 0.717) is 23.5 Å². The topological polar surface area (TPSA) is 0 Å². The number of aryl methyl sites for hydroxylation is 1. The van der Waals surface area contributed by atoms with Crippen molar-refractivity contribution in [1.82, 2.24) is 0 Å². The van der Waals surface area contributed by atoms with E-state index in [1.165, 1.54) is 13.0 Å². The Labute approximate surface area is 229 Å². The summed E-state index contributed by atoms with van der Waals surface area (Å²) in [5.41, 5.74) is 3.45. The number of rotatable bonds is 4. The monoisotopic (exact) mass is 494 g/mol. The van der Waals surface area contributed by atoms with Gasteiger partial charge in [-0.25, -0.2) is 13.2 Å². The van der Waals surface area contributed by atoms with Gasteiger partial charge in [0.25, 0.3) is 0 Å². The van der Waals surface area contributed by atoms with Crippen molar-refractivity contribution < 1.29 is 75.7 Å². The Balaban J connectivity index is 0.00000272. The molecule has 5 heteroatoms. The Morgan fingerprint density at radius 3 is 2.29 bits per heavy atom. The van der Waals surface area contributed by atoms with E-state index in [4.69, 9.17) is 0 Å². The molecule has 154 valence electrons. The van der Waals surface area contributed by atoms with E-state index in [0.717, 1.165) is 30.4 Å². The standard InChI is InChI=1S/C26H21F4.Rb/c1-16-5-14-22(26(30)24(16)28)20-12-8-18(9-13-20)15-17-6-10-19(11-7-17)21-3-2-4-23(27)25(21)29;/h2-3,5,8-10,12-14,17H,6-7,11,15H2,1H3;/q-1;+1. The molecule has 0 amide bonds. The zero-order valence-corrected chi connectivity index (χ0v) is 22.5. The minimum atomic E-state index is -0.944. The second kappa shape index (κ2) is 10.7. The fraction of sp³-hybridized carbons (Fsp3) is 0.231. The number of hydrogen-bond donors (Lipinski definition) is 0. The summed E-state index contributed by atoms with van der Waals surface area (Å²) in [6.45, 7) is 1.54. The van der Waals surface area contributed by atoms with Crippen molar-refractivity contribution in [1.29, 1.82) is 0 Å². The maximum Gasteiger partial charge on any atom is 1.00 e. The van der Waals surface area contributed by atoms with Gasteiger partial charge in [0.15, 0.2) is 11.6 Å². The normalized spacial score (nSPS) is 15.9. The molecule has 0 heterocycles. The molecule has 0 saturated heterocycles. The van der Waals surface area contributed by atoms with E-state index in [2.05, 4.69) is 6.07 Å². The summed E-state index contributed by atoms with van der Waals surface area (Å²) in [6, 6.07) is 15.9. The Kier molecular flexibility index (Phi) is 8.47. The van der Waals surface area contributed by atoms with Crippen LogP contribution in [-0.2, 0) is 6.42 Å². The van der Waals surface area contributed by atoms with Gasteiger partial charge >= 0.3 is 58.2 Å². The first kappa shape index (κ1) is 24.6. The summed E-state index contributed by atoms with van der Waals surface area (Å²) in [4.78, 5) is 0. The van der Waals surface area contributed by atoms with Crippen LogP contribution in [0.4, 0.5) is 17.6 Å². The molecule has 1 atom stereocenters. The van der Waals surface area contributed by atoms with Gasteiger partial charge in [0.2, 0.25) is 0 Å². The van der Waals surface area contributed by atoms with Gasteiger partial charge in [-0.3, -0.25) is 4.39 Å². The number of benzene rings is 3. The van der Waals surface area contributed by atoms with Gasteiger partial charge in [0.1, 0.15) is 0 Å². The SMILES string of the molecule is Cc1ccc(-c2ccc(CC3CC=C(c4cc[c-]c(F)c4F)CC3)cc2)c(F)c1F.[Rb+]. The average Bonchev–Trinajstić information content (AvgIpc) is 2.76. The zero-order chi connectivity index (χ0) is 21.3. The molecule has 31 heavy (non-hydrogen) atoms. The van der Waals surface area contributed by atoms with E-state index in [-0.39, 0.29) is 69.3 Å². The van der Waals surface area contributed by atoms with Crippen LogP contribution >= 0.6 is 0 Å².